The highest BCUT2D eigenvalue weighted by atomic mass is 16.5. The summed E-state index contributed by atoms with van der Waals surface area (Å²) in [6, 6.07) is 4.25. The summed E-state index contributed by atoms with van der Waals surface area (Å²) in [6.45, 7) is 1.18. The third-order valence-electron chi connectivity index (χ3n) is 4.42. The molecule has 1 saturated carbocycles. The summed E-state index contributed by atoms with van der Waals surface area (Å²) in [5.41, 5.74) is 8.44. The zero-order valence-corrected chi connectivity index (χ0v) is 12.7. The van der Waals surface area contributed by atoms with Gasteiger partial charge in [0.2, 0.25) is 0 Å². The van der Waals surface area contributed by atoms with Crippen molar-refractivity contribution in [2.24, 2.45) is 5.73 Å². The molecule has 112 valence electrons. The van der Waals surface area contributed by atoms with Crippen molar-refractivity contribution in [1.29, 1.82) is 0 Å². The van der Waals surface area contributed by atoms with Crippen molar-refractivity contribution in [3.63, 3.8) is 0 Å². The lowest BCUT2D eigenvalue weighted by atomic mass is 9.78. The summed E-state index contributed by atoms with van der Waals surface area (Å²) >= 11 is 0. The van der Waals surface area contributed by atoms with Gasteiger partial charge in [0, 0.05) is 24.6 Å². The lowest BCUT2D eigenvalue weighted by molar-refractivity contribution is 0.180. The first-order valence-electron chi connectivity index (χ1n) is 7.15. The normalized spacial score (nSPS) is 17.2. The van der Waals surface area contributed by atoms with E-state index in [1.807, 2.05) is 0 Å². The summed E-state index contributed by atoms with van der Waals surface area (Å²) in [6.07, 6.45) is 4.77. The fraction of sp³-hybridized carbons (Fsp3) is 0.625. The van der Waals surface area contributed by atoms with E-state index < -0.39 is 0 Å². The van der Waals surface area contributed by atoms with Gasteiger partial charge in [-0.1, -0.05) is 12.8 Å². The van der Waals surface area contributed by atoms with Crippen LogP contribution in [-0.4, -0.2) is 27.9 Å². The van der Waals surface area contributed by atoms with Crippen LogP contribution in [0.4, 0.5) is 0 Å². The Morgan fingerprint density at radius 2 is 1.80 bits per heavy atom. The van der Waals surface area contributed by atoms with Crippen LogP contribution >= 0.6 is 0 Å². The topological polar surface area (TPSA) is 53.7 Å². The predicted molar refractivity (Wildman–Crippen MR) is 79.5 cm³/mol. The van der Waals surface area contributed by atoms with E-state index in [2.05, 4.69) is 12.1 Å². The molecule has 0 heterocycles. The molecule has 4 nitrogen and oxygen atoms in total. The Kier molecular flexibility index (Phi) is 4.89. The minimum atomic E-state index is 0.0854. The van der Waals surface area contributed by atoms with E-state index in [0.717, 1.165) is 29.9 Å². The van der Waals surface area contributed by atoms with Crippen molar-refractivity contribution in [3.05, 3.63) is 23.3 Å². The highest BCUT2D eigenvalue weighted by Gasteiger charge is 2.35. The van der Waals surface area contributed by atoms with Crippen LogP contribution in [0.2, 0.25) is 0 Å². The van der Waals surface area contributed by atoms with Crippen molar-refractivity contribution < 1.29 is 14.2 Å². The summed E-state index contributed by atoms with van der Waals surface area (Å²) in [4.78, 5) is 0. The van der Waals surface area contributed by atoms with Crippen molar-refractivity contribution in [2.75, 3.05) is 27.9 Å². The molecule has 0 bridgehead atoms. The third-order valence-corrected chi connectivity index (χ3v) is 4.42. The van der Waals surface area contributed by atoms with Gasteiger partial charge < -0.3 is 19.9 Å². The number of rotatable bonds is 6. The van der Waals surface area contributed by atoms with Crippen LogP contribution in [0.5, 0.6) is 11.5 Å². The second-order valence-corrected chi connectivity index (χ2v) is 5.50. The fourth-order valence-electron chi connectivity index (χ4n) is 3.27. The largest absolute Gasteiger partial charge is 0.493 e. The van der Waals surface area contributed by atoms with E-state index in [1.54, 1.807) is 21.3 Å². The zero-order valence-electron chi connectivity index (χ0n) is 12.7. The maximum Gasteiger partial charge on any atom is 0.166 e. The van der Waals surface area contributed by atoms with Gasteiger partial charge in [-0.2, -0.15) is 0 Å². The van der Waals surface area contributed by atoms with E-state index in [9.17, 15) is 0 Å². The quantitative estimate of drug-likeness (QED) is 0.869. The monoisotopic (exact) mass is 279 g/mol. The Bertz CT molecular complexity index is 453. The molecule has 1 aliphatic carbocycles. The first kappa shape index (κ1) is 15.1. The van der Waals surface area contributed by atoms with Crippen molar-refractivity contribution in [2.45, 2.75) is 37.7 Å². The number of nitrogens with two attached hydrogens (primary N) is 1. The van der Waals surface area contributed by atoms with Crippen molar-refractivity contribution in [1.82, 2.24) is 0 Å². The molecule has 2 N–H and O–H groups in total. The maximum absolute atomic E-state index is 6.08. The Morgan fingerprint density at radius 1 is 1.10 bits per heavy atom. The van der Waals surface area contributed by atoms with E-state index in [4.69, 9.17) is 19.9 Å². The number of methoxy groups -OCH3 is 3. The van der Waals surface area contributed by atoms with Crippen LogP contribution in [0.15, 0.2) is 12.1 Å². The molecule has 0 unspecified atom stereocenters. The molecule has 4 heteroatoms. The molecule has 2 rings (SSSR count). The molecule has 0 atom stereocenters. The Morgan fingerprint density at radius 3 is 2.30 bits per heavy atom. The summed E-state index contributed by atoms with van der Waals surface area (Å²) in [5, 5.41) is 0. The molecule has 20 heavy (non-hydrogen) atoms. The fourth-order valence-corrected chi connectivity index (χ4v) is 3.27. The van der Waals surface area contributed by atoms with Gasteiger partial charge in [-0.3, -0.25) is 0 Å². The maximum atomic E-state index is 6.08. The second kappa shape index (κ2) is 6.46. The summed E-state index contributed by atoms with van der Waals surface area (Å²) in [7, 11) is 5.01. The average Bonchev–Trinajstić information content (AvgIpc) is 2.96. The Labute approximate surface area is 121 Å². The lowest BCUT2D eigenvalue weighted by Gasteiger charge is -2.29. The molecule has 0 aromatic heterocycles. The molecule has 1 aromatic rings. The van der Waals surface area contributed by atoms with Gasteiger partial charge in [-0.15, -0.1) is 0 Å². The highest BCUT2D eigenvalue weighted by Crippen LogP contribution is 2.44. The van der Waals surface area contributed by atoms with Crippen LogP contribution in [0.3, 0.4) is 0 Å². The summed E-state index contributed by atoms with van der Waals surface area (Å²) < 4.78 is 16.2. The van der Waals surface area contributed by atoms with Gasteiger partial charge in [0.15, 0.2) is 11.5 Å². The molecule has 0 spiro atoms. The van der Waals surface area contributed by atoms with Gasteiger partial charge in [-0.25, -0.2) is 0 Å². The van der Waals surface area contributed by atoms with E-state index in [-0.39, 0.29) is 5.41 Å². The van der Waals surface area contributed by atoms with E-state index in [0.29, 0.717) is 13.2 Å². The SMILES string of the molecule is COCc1cc(C2(CN)CCCC2)cc(OC)c1OC. The first-order valence-corrected chi connectivity index (χ1v) is 7.15. The van der Waals surface area contributed by atoms with Crippen LogP contribution in [0.1, 0.15) is 36.8 Å². The molecule has 1 aromatic carbocycles. The van der Waals surface area contributed by atoms with Crippen molar-refractivity contribution >= 4 is 0 Å². The number of benzene rings is 1. The van der Waals surface area contributed by atoms with Gasteiger partial charge in [0.1, 0.15) is 0 Å². The Hall–Kier alpha value is -1.26. The molecule has 0 aliphatic heterocycles. The van der Waals surface area contributed by atoms with E-state index in [1.165, 1.54) is 18.4 Å². The second-order valence-electron chi connectivity index (χ2n) is 5.50. The average molecular weight is 279 g/mol. The number of hydrogen-bond acceptors (Lipinski definition) is 4. The molecule has 0 radical (unpaired) electrons. The van der Waals surface area contributed by atoms with Crippen molar-refractivity contribution in [3.8, 4) is 11.5 Å². The van der Waals surface area contributed by atoms with Gasteiger partial charge in [-0.05, 0) is 30.5 Å². The number of hydrogen-bond donors (Lipinski definition) is 1. The van der Waals surface area contributed by atoms with Crippen LogP contribution in [0, 0.1) is 0 Å². The highest BCUT2D eigenvalue weighted by molar-refractivity contribution is 5.51. The van der Waals surface area contributed by atoms with Crippen LogP contribution in [0.25, 0.3) is 0 Å². The predicted octanol–water partition coefficient (Wildman–Crippen LogP) is 2.62. The minimum absolute atomic E-state index is 0.0854. The van der Waals surface area contributed by atoms with Crippen LogP contribution in [-0.2, 0) is 16.8 Å². The number of ether oxygens (including phenoxy) is 3. The standard InChI is InChI=1S/C16H25NO3/c1-18-10-12-8-13(9-14(19-2)15(12)20-3)16(11-17)6-4-5-7-16/h8-9H,4-7,10-11,17H2,1-3H3. The molecule has 0 amide bonds. The molecule has 0 saturated heterocycles. The smallest absolute Gasteiger partial charge is 0.166 e. The first-order chi connectivity index (χ1) is 9.70. The molecular weight excluding hydrogens is 254 g/mol. The van der Waals surface area contributed by atoms with E-state index >= 15 is 0 Å². The Balaban J connectivity index is 2.50. The van der Waals surface area contributed by atoms with Crippen LogP contribution < -0.4 is 15.2 Å². The summed E-state index contributed by atoms with van der Waals surface area (Å²) in [5.74, 6) is 1.51. The zero-order chi connectivity index (χ0) is 14.6. The van der Waals surface area contributed by atoms with Gasteiger partial charge in [0.25, 0.3) is 0 Å². The minimum Gasteiger partial charge on any atom is -0.493 e. The molecule has 1 fully saturated rings. The lowest BCUT2D eigenvalue weighted by Crippen LogP contribution is -2.32. The molecular formula is C16H25NO3. The van der Waals surface area contributed by atoms with Gasteiger partial charge >= 0.3 is 0 Å². The van der Waals surface area contributed by atoms with Gasteiger partial charge in [0.05, 0.1) is 20.8 Å². The molecule has 1 aliphatic rings. The third kappa shape index (κ3) is 2.63.